The maximum Gasteiger partial charge on any atom is 0.236 e. The summed E-state index contributed by atoms with van der Waals surface area (Å²) in [6, 6.07) is 0.670. The summed E-state index contributed by atoms with van der Waals surface area (Å²) in [5, 5.41) is 6.32. The van der Waals surface area contributed by atoms with Crippen LogP contribution in [0.5, 0.6) is 0 Å². The van der Waals surface area contributed by atoms with Crippen molar-refractivity contribution < 1.29 is 4.79 Å². The SMILES string of the molecule is CCCCCNC(=O)C(C)NCCN(C)C1CCCC1. The van der Waals surface area contributed by atoms with Gasteiger partial charge >= 0.3 is 0 Å². The molecular weight excluding hydrogens is 250 g/mol. The van der Waals surface area contributed by atoms with Gasteiger partial charge < -0.3 is 15.5 Å². The predicted octanol–water partition coefficient (Wildman–Crippen LogP) is 2.15. The first kappa shape index (κ1) is 17.4. The number of carbonyl (C=O) groups is 1. The number of likely N-dealkylation sites (N-methyl/N-ethyl adjacent to an activating group) is 1. The Labute approximate surface area is 124 Å². The maximum atomic E-state index is 11.9. The molecule has 0 aromatic heterocycles. The van der Waals surface area contributed by atoms with Crippen LogP contribution >= 0.6 is 0 Å². The summed E-state index contributed by atoms with van der Waals surface area (Å²) in [4.78, 5) is 14.3. The normalized spacial score (nSPS) is 17.6. The highest BCUT2D eigenvalue weighted by atomic mass is 16.2. The molecular formula is C16H33N3O. The molecule has 1 unspecified atom stereocenters. The second-order valence-electron chi connectivity index (χ2n) is 6.09. The van der Waals surface area contributed by atoms with Gasteiger partial charge in [0.15, 0.2) is 0 Å². The second-order valence-corrected chi connectivity index (χ2v) is 6.09. The molecule has 0 aliphatic heterocycles. The first-order valence-corrected chi connectivity index (χ1v) is 8.36. The number of amides is 1. The third-order valence-electron chi connectivity index (χ3n) is 4.34. The smallest absolute Gasteiger partial charge is 0.236 e. The van der Waals surface area contributed by atoms with Gasteiger partial charge in [-0.2, -0.15) is 0 Å². The fourth-order valence-electron chi connectivity index (χ4n) is 2.82. The molecule has 1 fully saturated rings. The summed E-state index contributed by atoms with van der Waals surface area (Å²) in [6.45, 7) is 6.84. The second kappa shape index (κ2) is 10.2. The molecule has 0 heterocycles. The Kier molecular flexibility index (Phi) is 8.86. The lowest BCUT2D eigenvalue weighted by Crippen LogP contribution is -2.45. The van der Waals surface area contributed by atoms with Gasteiger partial charge in [-0.05, 0) is 33.2 Å². The molecule has 0 radical (unpaired) electrons. The number of rotatable bonds is 10. The minimum absolute atomic E-state index is 0.0893. The summed E-state index contributed by atoms with van der Waals surface area (Å²) in [6.07, 6.45) is 8.89. The van der Waals surface area contributed by atoms with Crippen LogP contribution < -0.4 is 10.6 Å². The molecule has 1 rings (SSSR count). The van der Waals surface area contributed by atoms with Crippen molar-refractivity contribution in [3.8, 4) is 0 Å². The first-order chi connectivity index (χ1) is 9.65. The molecule has 1 aliphatic carbocycles. The average molecular weight is 283 g/mol. The van der Waals surface area contributed by atoms with E-state index in [2.05, 4.69) is 29.5 Å². The van der Waals surface area contributed by atoms with Gasteiger partial charge in [0.1, 0.15) is 0 Å². The molecule has 4 nitrogen and oxygen atoms in total. The molecule has 118 valence electrons. The van der Waals surface area contributed by atoms with E-state index in [4.69, 9.17) is 0 Å². The van der Waals surface area contributed by atoms with Crippen LogP contribution in [0.15, 0.2) is 0 Å². The van der Waals surface area contributed by atoms with Gasteiger partial charge in [-0.15, -0.1) is 0 Å². The van der Waals surface area contributed by atoms with Crippen molar-refractivity contribution in [1.29, 1.82) is 0 Å². The van der Waals surface area contributed by atoms with E-state index in [1.165, 1.54) is 38.5 Å². The van der Waals surface area contributed by atoms with Crippen LogP contribution in [0.1, 0.15) is 58.8 Å². The van der Waals surface area contributed by atoms with Gasteiger partial charge in [-0.3, -0.25) is 4.79 Å². The minimum atomic E-state index is -0.0893. The van der Waals surface area contributed by atoms with E-state index in [0.29, 0.717) is 0 Å². The predicted molar refractivity (Wildman–Crippen MR) is 84.9 cm³/mol. The van der Waals surface area contributed by atoms with Crippen LogP contribution in [0.3, 0.4) is 0 Å². The Balaban J connectivity index is 2.06. The molecule has 0 saturated heterocycles. The van der Waals surface area contributed by atoms with Gasteiger partial charge in [-0.1, -0.05) is 32.6 Å². The molecule has 0 aromatic rings. The van der Waals surface area contributed by atoms with Gasteiger partial charge in [0, 0.05) is 25.7 Å². The molecule has 1 aliphatic rings. The van der Waals surface area contributed by atoms with E-state index in [9.17, 15) is 4.79 Å². The number of unbranched alkanes of at least 4 members (excludes halogenated alkanes) is 2. The molecule has 1 amide bonds. The average Bonchev–Trinajstić information content (AvgIpc) is 2.97. The van der Waals surface area contributed by atoms with E-state index < -0.39 is 0 Å². The Bertz CT molecular complexity index is 264. The van der Waals surface area contributed by atoms with Gasteiger partial charge in [0.2, 0.25) is 5.91 Å². The van der Waals surface area contributed by atoms with Crippen LogP contribution in [0, 0.1) is 0 Å². The van der Waals surface area contributed by atoms with E-state index in [-0.39, 0.29) is 11.9 Å². The lowest BCUT2D eigenvalue weighted by atomic mass is 10.2. The Hall–Kier alpha value is -0.610. The van der Waals surface area contributed by atoms with Crippen molar-refractivity contribution in [3.63, 3.8) is 0 Å². The van der Waals surface area contributed by atoms with Gasteiger partial charge in [0.25, 0.3) is 0 Å². The van der Waals surface area contributed by atoms with Gasteiger partial charge in [-0.25, -0.2) is 0 Å². The number of nitrogens with one attached hydrogen (secondary N) is 2. The van der Waals surface area contributed by atoms with Gasteiger partial charge in [0.05, 0.1) is 6.04 Å². The lowest BCUT2D eigenvalue weighted by Gasteiger charge is -2.24. The largest absolute Gasteiger partial charge is 0.355 e. The molecule has 0 aromatic carbocycles. The third-order valence-corrected chi connectivity index (χ3v) is 4.34. The molecule has 0 spiro atoms. The fourth-order valence-corrected chi connectivity index (χ4v) is 2.82. The molecule has 0 bridgehead atoms. The van der Waals surface area contributed by atoms with Crippen molar-refractivity contribution in [2.45, 2.75) is 70.9 Å². The van der Waals surface area contributed by atoms with Crippen LogP contribution in [0.4, 0.5) is 0 Å². The zero-order valence-electron chi connectivity index (χ0n) is 13.6. The van der Waals surface area contributed by atoms with Crippen molar-refractivity contribution in [3.05, 3.63) is 0 Å². The molecule has 1 atom stereocenters. The van der Waals surface area contributed by atoms with Crippen molar-refractivity contribution >= 4 is 5.91 Å². The monoisotopic (exact) mass is 283 g/mol. The third kappa shape index (κ3) is 6.71. The summed E-state index contributed by atoms with van der Waals surface area (Å²) in [5.74, 6) is 0.129. The highest BCUT2D eigenvalue weighted by Crippen LogP contribution is 2.21. The van der Waals surface area contributed by atoms with E-state index in [0.717, 1.165) is 32.1 Å². The van der Waals surface area contributed by atoms with E-state index in [1.54, 1.807) is 0 Å². The first-order valence-electron chi connectivity index (χ1n) is 8.36. The van der Waals surface area contributed by atoms with Crippen LogP contribution in [-0.2, 0) is 4.79 Å². The summed E-state index contributed by atoms with van der Waals surface area (Å²) < 4.78 is 0. The fraction of sp³-hybridized carbons (Fsp3) is 0.938. The summed E-state index contributed by atoms with van der Waals surface area (Å²) in [5.41, 5.74) is 0. The molecule has 2 N–H and O–H groups in total. The Morgan fingerprint density at radius 3 is 2.60 bits per heavy atom. The van der Waals surface area contributed by atoms with Crippen LogP contribution in [0.25, 0.3) is 0 Å². The summed E-state index contributed by atoms with van der Waals surface area (Å²) >= 11 is 0. The number of hydrogen-bond acceptors (Lipinski definition) is 3. The minimum Gasteiger partial charge on any atom is -0.355 e. The number of hydrogen-bond donors (Lipinski definition) is 2. The standard InChI is InChI=1S/C16H33N3O/c1-4-5-8-11-18-16(20)14(2)17-12-13-19(3)15-9-6-7-10-15/h14-15,17H,4-13H2,1-3H3,(H,18,20). The number of carbonyl (C=O) groups excluding carboxylic acids is 1. The highest BCUT2D eigenvalue weighted by Gasteiger charge is 2.19. The molecule has 20 heavy (non-hydrogen) atoms. The lowest BCUT2D eigenvalue weighted by molar-refractivity contribution is -0.122. The van der Waals surface area contributed by atoms with E-state index in [1.807, 2.05) is 6.92 Å². The topological polar surface area (TPSA) is 44.4 Å². The highest BCUT2D eigenvalue weighted by molar-refractivity contribution is 5.81. The van der Waals surface area contributed by atoms with E-state index >= 15 is 0 Å². The quantitative estimate of drug-likeness (QED) is 0.604. The Morgan fingerprint density at radius 1 is 1.25 bits per heavy atom. The molecule has 1 saturated carbocycles. The zero-order valence-corrected chi connectivity index (χ0v) is 13.6. The number of nitrogens with zero attached hydrogens (tertiary/aromatic N) is 1. The Morgan fingerprint density at radius 2 is 1.95 bits per heavy atom. The zero-order chi connectivity index (χ0) is 14.8. The molecule has 4 heteroatoms. The van der Waals surface area contributed by atoms with Crippen LogP contribution in [0.2, 0.25) is 0 Å². The van der Waals surface area contributed by atoms with Crippen molar-refractivity contribution in [2.24, 2.45) is 0 Å². The maximum absolute atomic E-state index is 11.9. The van der Waals surface area contributed by atoms with Crippen molar-refractivity contribution in [2.75, 3.05) is 26.7 Å². The summed E-state index contributed by atoms with van der Waals surface area (Å²) in [7, 11) is 2.20. The van der Waals surface area contributed by atoms with Crippen molar-refractivity contribution in [1.82, 2.24) is 15.5 Å². The van der Waals surface area contributed by atoms with Crippen LogP contribution in [-0.4, -0.2) is 49.6 Å².